The number of rotatable bonds is 5. The lowest BCUT2D eigenvalue weighted by Gasteiger charge is -2.41. The van der Waals surface area contributed by atoms with Crippen molar-refractivity contribution in [3.63, 3.8) is 0 Å². The summed E-state index contributed by atoms with van der Waals surface area (Å²) in [7, 11) is 0. The first-order valence-corrected chi connectivity index (χ1v) is 7.06. The van der Waals surface area contributed by atoms with Gasteiger partial charge in [-0.1, -0.05) is 6.92 Å². The molecule has 1 aromatic heterocycles. The molecule has 1 saturated heterocycles. The Kier molecular flexibility index (Phi) is 4.00. The minimum absolute atomic E-state index is 0.575. The predicted octanol–water partition coefficient (Wildman–Crippen LogP) is 2.80. The molecule has 0 aromatic carbocycles. The second-order valence-electron chi connectivity index (χ2n) is 4.67. The van der Waals surface area contributed by atoms with Crippen molar-refractivity contribution < 1.29 is 0 Å². The standard InChI is InChI=1S/C13H22N2S/c1-4-7-15(12-8-14-9-12)11(3)13-6-5-10(2)16-13/h5-6,11-12,14H,4,7-9H2,1-3H3. The van der Waals surface area contributed by atoms with Gasteiger partial charge in [0, 0.05) is 34.9 Å². The first-order valence-electron chi connectivity index (χ1n) is 6.25. The molecule has 0 aliphatic carbocycles. The van der Waals surface area contributed by atoms with Crippen molar-refractivity contribution in [2.45, 2.75) is 39.3 Å². The molecular formula is C13H22N2S. The molecule has 0 spiro atoms. The molecule has 2 nitrogen and oxygen atoms in total. The van der Waals surface area contributed by atoms with Gasteiger partial charge in [0.1, 0.15) is 0 Å². The summed E-state index contributed by atoms with van der Waals surface area (Å²) in [6.07, 6.45) is 1.24. The maximum Gasteiger partial charge on any atom is 0.0417 e. The molecule has 1 N–H and O–H groups in total. The first kappa shape index (κ1) is 12.1. The lowest BCUT2D eigenvalue weighted by atomic mass is 10.1. The number of hydrogen-bond acceptors (Lipinski definition) is 3. The molecule has 0 bridgehead atoms. The van der Waals surface area contributed by atoms with Crippen LogP contribution in [0, 0.1) is 6.92 Å². The van der Waals surface area contributed by atoms with E-state index < -0.39 is 0 Å². The number of hydrogen-bond donors (Lipinski definition) is 1. The summed E-state index contributed by atoms with van der Waals surface area (Å²) < 4.78 is 0. The van der Waals surface area contributed by atoms with Gasteiger partial charge in [0.15, 0.2) is 0 Å². The zero-order valence-corrected chi connectivity index (χ0v) is 11.3. The van der Waals surface area contributed by atoms with E-state index in [1.165, 1.54) is 22.7 Å². The SMILES string of the molecule is CCCN(C1CNC1)C(C)c1ccc(C)s1. The van der Waals surface area contributed by atoms with Gasteiger partial charge in [-0.15, -0.1) is 11.3 Å². The van der Waals surface area contributed by atoms with Crippen molar-refractivity contribution in [3.8, 4) is 0 Å². The quantitative estimate of drug-likeness (QED) is 0.848. The molecule has 0 saturated carbocycles. The van der Waals surface area contributed by atoms with E-state index in [-0.39, 0.29) is 0 Å². The third-order valence-electron chi connectivity index (χ3n) is 3.38. The van der Waals surface area contributed by atoms with Gasteiger partial charge in [-0.25, -0.2) is 0 Å². The normalized spacial score (nSPS) is 18.8. The van der Waals surface area contributed by atoms with Crippen LogP contribution in [0.1, 0.15) is 36.1 Å². The van der Waals surface area contributed by atoms with Gasteiger partial charge in [0.05, 0.1) is 0 Å². The van der Waals surface area contributed by atoms with E-state index >= 15 is 0 Å². The van der Waals surface area contributed by atoms with Gasteiger partial charge < -0.3 is 5.32 Å². The molecule has 90 valence electrons. The average Bonchev–Trinajstić information content (AvgIpc) is 2.60. The van der Waals surface area contributed by atoms with Gasteiger partial charge in [-0.2, -0.15) is 0 Å². The summed E-state index contributed by atoms with van der Waals surface area (Å²) in [6, 6.07) is 5.85. The minimum Gasteiger partial charge on any atom is -0.314 e. The summed E-state index contributed by atoms with van der Waals surface area (Å²) in [5.74, 6) is 0. The fourth-order valence-corrected chi connectivity index (χ4v) is 3.25. The molecule has 1 aromatic rings. The van der Waals surface area contributed by atoms with Crippen LogP contribution in [0.3, 0.4) is 0 Å². The van der Waals surface area contributed by atoms with Crippen molar-refractivity contribution >= 4 is 11.3 Å². The Hall–Kier alpha value is -0.380. The molecule has 1 atom stereocenters. The monoisotopic (exact) mass is 238 g/mol. The maximum absolute atomic E-state index is 3.37. The molecule has 2 heterocycles. The highest BCUT2D eigenvalue weighted by molar-refractivity contribution is 7.12. The summed E-state index contributed by atoms with van der Waals surface area (Å²) in [4.78, 5) is 5.59. The van der Waals surface area contributed by atoms with Crippen LogP contribution in [-0.4, -0.2) is 30.6 Å². The first-order chi connectivity index (χ1) is 7.72. The smallest absolute Gasteiger partial charge is 0.0417 e. The zero-order valence-electron chi connectivity index (χ0n) is 10.5. The van der Waals surface area contributed by atoms with Gasteiger partial charge in [-0.05, 0) is 38.9 Å². The number of nitrogens with zero attached hydrogens (tertiary/aromatic N) is 1. The lowest BCUT2D eigenvalue weighted by molar-refractivity contribution is 0.104. The topological polar surface area (TPSA) is 15.3 Å². The van der Waals surface area contributed by atoms with Crippen LogP contribution in [0.15, 0.2) is 12.1 Å². The van der Waals surface area contributed by atoms with Crippen molar-refractivity contribution in [2.75, 3.05) is 19.6 Å². The molecule has 3 heteroatoms. The molecular weight excluding hydrogens is 216 g/mol. The molecule has 1 unspecified atom stereocenters. The van der Waals surface area contributed by atoms with Crippen molar-refractivity contribution in [1.82, 2.24) is 10.2 Å². The van der Waals surface area contributed by atoms with Crippen LogP contribution in [0.5, 0.6) is 0 Å². The maximum atomic E-state index is 3.37. The Morgan fingerprint density at radius 1 is 1.50 bits per heavy atom. The Morgan fingerprint density at radius 2 is 2.25 bits per heavy atom. The van der Waals surface area contributed by atoms with Gasteiger partial charge >= 0.3 is 0 Å². The van der Waals surface area contributed by atoms with E-state index in [1.54, 1.807) is 0 Å². The largest absolute Gasteiger partial charge is 0.314 e. The van der Waals surface area contributed by atoms with Crippen molar-refractivity contribution in [2.24, 2.45) is 0 Å². The summed E-state index contributed by atoms with van der Waals surface area (Å²) in [5.41, 5.74) is 0. The van der Waals surface area contributed by atoms with Crippen LogP contribution >= 0.6 is 11.3 Å². The average molecular weight is 238 g/mol. The molecule has 2 rings (SSSR count). The Bertz CT molecular complexity index is 330. The third kappa shape index (κ3) is 2.47. The van der Waals surface area contributed by atoms with Gasteiger partial charge in [0.25, 0.3) is 0 Å². The van der Waals surface area contributed by atoms with Gasteiger partial charge in [0.2, 0.25) is 0 Å². The number of thiophene rings is 1. The van der Waals surface area contributed by atoms with E-state index in [0.29, 0.717) is 6.04 Å². The molecule has 16 heavy (non-hydrogen) atoms. The van der Waals surface area contributed by atoms with E-state index in [4.69, 9.17) is 0 Å². The fourth-order valence-electron chi connectivity index (χ4n) is 2.30. The van der Waals surface area contributed by atoms with Gasteiger partial charge in [-0.3, -0.25) is 4.90 Å². The zero-order chi connectivity index (χ0) is 11.5. The van der Waals surface area contributed by atoms with E-state index in [9.17, 15) is 0 Å². The molecule has 1 aliphatic rings. The number of nitrogens with one attached hydrogen (secondary N) is 1. The molecule has 1 aliphatic heterocycles. The second-order valence-corrected chi connectivity index (χ2v) is 5.99. The highest BCUT2D eigenvalue weighted by atomic mass is 32.1. The number of aryl methyl sites for hydroxylation is 1. The minimum atomic E-state index is 0.575. The Labute approximate surface area is 103 Å². The van der Waals surface area contributed by atoms with E-state index in [1.807, 2.05) is 11.3 Å². The third-order valence-corrected chi connectivity index (χ3v) is 4.55. The summed E-state index contributed by atoms with van der Waals surface area (Å²) in [5, 5.41) is 3.37. The highest BCUT2D eigenvalue weighted by Crippen LogP contribution is 2.29. The molecule has 0 radical (unpaired) electrons. The van der Waals surface area contributed by atoms with Crippen molar-refractivity contribution in [1.29, 1.82) is 0 Å². The lowest BCUT2D eigenvalue weighted by Crippen LogP contribution is -2.57. The van der Waals surface area contributed by atoms with Crippen LogP contribution in [-0.2, 0) is 0 Å². The Balaban J connectivity index is 2.06. The van der Waals surface area contributed by atoms with E-state index in [0.717, 1.165) is 19.1 Å². The predicted molar refractivity (Wildman–Crippen MR) is 71.1 cm³/mol. The van der Waals surface area contributed by atoms with Crippen LogP contribution in [0.4, 0.5) is 0 Å². The van der Waals surface area contributed by atoms with Crippen LogP contribution < -0.4 is 5.32 Å². The summed E-state index contributed by atoms with van der Waals surface area (Å²) in [6.45, 7) is 10.3. The molecule has 0 amide bonds. The second kappa shape index (κ2) is 5.30. The van der Waals surface area contributed by atoms with E-state index in [2.05, 4.69) is 43.1 Å². The Morgan fingerprint density at radius 3 is 2.69 bits per heavy atom. The highest BCUT2D eigenvalue weighted by Gasteiger charge is 2.28. The van der Waals surface area contributed by atoms with Crippen LogP contribution in [0.2, 0.25) is 0 Å². The summed E-state index contributed by atoms with van der Waals surface area (Å²) >= 11 is 1.94. The fraction of sp³-hybridized carbons (Fsp3) is 0.692. The molecule has 1 fully saturated rings. The van der Waals surface area contributed by atoms with Crippen molar-refractivity contribution in [3.05, 3.63) is 21.9 Å². The van der Waals surface area contributed by atoms with Crippen LogP contribution in [0.25, 0.3) is 0 Å².